The maximum absolute atomic E-state index is 12.0. The highest BCUT2D eigenvalue weighted by molar-refractivity contribution is 5.97. The highest BCUT2D eigenvalue weighted by Crippen LogP contribution is 2.16. The Labute approximate surface area is 114 Å². The van der Waals surface area contributed by atoms with Crippen LogP contribution in [0.1, 0.15) is 22.1 Å². The number of aromatic hydroxyl groups is 1. The highest BCUT2D eigenvalue weighted by Gasteiger charge is 2.24. The number of carbonyl (C=O) groups excluding carboxylic acids is 1. The number of aromatic nitrogens is 1. The van der Waals surface area contributed by atoms with E-state index in [0.717, 1.165) is 0 Å². The van der Waals surface area contributed by atoms with Crippen molar-refractivity contribution in [3.8, 4) is 5.75 Å². The van der Waals surface area contributed by atoms with Gasteiger partial charge in [0.05, 0.1) is 0 Å². The van der Waals surface area contributed by atoms with Crippen LogP contribution < -0.4 is 5.32 Å². The summed E-state index contributed by atoms with van der Waals surface area (Å²) in [6.45, 7) is 0. The third-order valence-electron chi connectivity index (χ3n) is 2.66. The second kappa shape index (κ2) is 5.83. The van der Waals surface area contributed by atoms with E-state index in [1.54, 1.807) is 30.3 Å². The van der Waals surface area contributed by atoms with Gasteiger partial charge in [0, 0.05) is 6.20 Å². The summed E-state index contributed by atoms with van der Waals surface area (Å²) in [7, 11) is 0. The van der Waals surface area contributed by atoms with Crippen LogP contribution >= 0.6 is 0 Å². The number of carboxylic acids is 1. The molecule has 1 aromatic carbocycles. The second-order valence-electron chi connectivity index (χ2n) is 4.03. The van der Waals surface area contributed by atoms with E-state index in [0.29, 0.717) is 5.56 Å². The second-order valence-corrected chi connectivity index (χ2v) is 4.03. The third-order valence-corrected chi connectivity index (χ3v) is 2.66. The lowest BCUT2D eigenvalue weighted by atomic mass is 10.1. The lowest BCUT2D eigenvalue weighted by molar-refractivity contribution is -0.139. The zero-order valence-electron chi connectivity index (χ0n) is 10.4. The van der Waals surface area contributed by atoms with Gasteiger partial charge in [-0.05, 0) is 17.7 Å². The van der Waals surface area contributed by atoms with E-state index in [1.165, 1.54) is 18.3 Å². The van der Waals surface area contributed by atoms with Crippen LogP contribution in [-0.4, -0.2) is 27.1 Å². The Morgan fingerprint density at radius 1 is 1.10 bits per heavy atom. The van der Waals surface area contributed by atoms with Gasteiger partial charge in [0.15, 0.2) is 11.7 Å². The number of nitrogens with one attached hydrogen (secondary N) is 1. The van der Waals surface area contributed by atoms with Crippen molar-refractivity contribution in [1.29, 1.82) is 0 Å². The zero-order valence-corrected chi connectivity index (χ0v) is 10.4. The number of rotatable bonds is 4. The van der Waals surface area contributed by atoms with Gasteiger partial charge < -0.3 is 15.5 Å². The molecule has 102 valence electrons. The smallest absolute Gasteiger partial charge is 0.330 e. The molecule has 0 radical (unpaired) electrons. The first-order valence-electron chi connectivity index (χ1n) is 5.82. The van der Waals surface area contributed by atoms with Crippen molar-refractivity contribution in [3.63, 3.8) is 0 Å². The van der Waals surface area contributed by atoms with Gasteiger partial charge in [-0.25, -0.2) is 9.78 Å². The highest BCUT2D eigenvalue weighted by atomic mass is 16.4. The molecule has 6 nitrogen and oxygen atoms in total. The Morgan fingerprint density at radius 2 is 1.80 bits per heavy atom. The van der Waals surface area contributed by atoms with Crippen molar-refractivity contribution in [2.24, 2.45) is 0 Å². The molecule has 0 bridgehead atoms. The molecular weight excluding hydrogens is 260 g/mol. The van der Waals surface area contributed by atoms with Gasteiger partial charge in [-0.2, -0.15) is 0 Å². The number of carbonyl (C=O) groups is 2. The van der Waals surface area contributed by atoms with Gasteiger partial charge in [-0.1, -0.05) is 30.3 Å². The molecule has 0 aliphatic heterocycles. The molecule has 3 N–H and O–H groups in total. The molecule has 2 rings (SSSR count). The minimum Gasteiger partial charge on any atom is -0.505 e. The van der Waals surface area contributed by atoms with E-state index < -0.39 is 17.9 Å². The fraction of sp³-hybridized carbons (Fsp3) is 0.0714. The Morgan fingerprint density at radius 3 is 2.40 bits per heavy atom. The Hall–Kier alpha value is -2.89. The van der Waals surface area contributed by atoms with E-state index in [-0.39, 0.29) is 11.4 Å². The van der Waals surface area contributed by atoms with Crippen LogP contribution in [0.3, 0.4) is 0 Å². The van der Waals surface area contributed by atoms with Crippen LogP contribution in [0.5, 0.6) is 5.75 Å². The normalized spacial score (nSPS) is 11.6. The molecule has 1 atom stereocenters. The molecule has 0 aliphatic rings. The van der Waals surface area contributed by atoms with Crippen LogP contribution in [0.15, 0.2) is 48.7 Å². The van der Waals surface area contributed by atoms with Gasteiger partial charge in [0.1, 0.15) is 5.75 Å². The van der Waals surface area contributed by atoms with Crippen LogP contribution in [0.4, 0.5) is 0 Å². The average molecular weight is 272 g/mol. The molecule has 0 saturated carbocycles. The van der Waals surface area contributed by atoms with Crippen LogP contribution in [0, 0.1) is 0 Å². The predicted molar refractivity (Wildman–Crippen MR) is 70.2 cm³/mol. The van der Waals surface area contributed by atoms with Crippen molar-refractivity contribution < 1.29 is 19.8 Å². The lowest BCUT2D eigenvalue weighted by Gasteiger charge is -2.14. The van der Waals surface area contributed by atoms with E-state index >= 15 is 0 Å². The number of carboxylic acid groups (broad SMARTS) is 1. The molecule has 2 aromatic rings. The fourth-order valence-corrected chi connectivity index (χ4v) is 1.70. The number of hydrogen-bond donors (Lipinski definition) is 3. The molecule has 20 heavy (non-hydrogen) atoms. The first-order valence-corrected chi connectivity index (χ1v) is 5.82. The summed E-state index contributed by atoms with van der Waals surface area (Å²) in [6.07, 6.45) is 1.34. The molecule has 0 unspecified atom stereocenters. The molecule has 6 heteroatoms. The SMILES string of the molecule is O=C(N[C@H](C(=O)O)c1ccccc1)c1ncccc1O. The van der Waals surface area contributed by atoms with Crippen molar-refractivity contribution in [2.75, 3.05) is 0 Å². The van der Waals surface area contributed by atoms with E-state index in [9.17, 15) is 19.8 Å². The van der Waals surface area contributed by atoms with Crippen molar-refractivity contribution in [1.82, 2.24) is 10.3 Å². The maximum atomic E-state index is 12.0. The fourth-order valence-electron chi connectivity index (χ4n) is 1.70. The predicted octanol–water partition coefficient (Wildman–Crippen LogP) is 1.34. The largest absolute Gasteiger partial charge is 0.505 e. The summed E-state index contributed by atoms with van der Waals surface area (Å²) < 4.78 is 0. The van der Waals surface area contributed by atoms with Crippen LogP contribution in [0.25, 0.3) is 0 Å². The molecule has 0 saturated heterocycles. The van der Waals surface area contributed by atoms with E-state index in [2.05, 4.69) is 10.3 Å². The summed E-state index contributed by atoms with van der Waals surface area (Å²) >= 11 is 0. The molecule has 1 aromatic heterocycles. The number of amides is 1. The quantitative estimate of drug-likeness (QED) is 0.780. The van der Waals surface area contributed by atoms with Crippen molar-refractivity contribution in [3.05, 3.63) is 59.9 Å². The summed E-state index contributed by atoms with van der Waals surface area (Å²) in [4.78, 5) is 26.9. The number of hydrogen-bond acceptors (Lipinski definition) is 4. The molecule has 1 heterocycles. The zero-order chi connectivity index (χ0) is 14.5. The van der Waals surface area contributed by atoms with Gasteiger partial charge >= 0.3 is 5.97 Å². The number of pyridine rings is 1. The van der Waals surface area contributed by atoms with E-state index in [1.807, 2.05) is 0 Å². The maximum Gasteiger partial charge on any atom is 0.330 e. The average Bonchev–Trinajstić information content (AvgIpc) is 2.45. The topological polar surface area (TPSA) is 99.5 Å². The summed E-state index contributed by atoms with van der Waals surface area (Å²) in [5.41, 5.74) is 0.221. The van der Waals surface area contributed by atoms with Crippen LogP contribution in [0.2, 0.25) is 0 Å². The number of aliphatic carboxylic acids is 1. The van der Waals surface area contributed by atoms with Crippen molar-refractivity contribution in [2.45, 2.75) is 6.04 Å². The summed E-state index contributed by atoms with van der Waals surface area (Å²) in [5.74, 6) is -2.25. The van der Waals surface area contributed by atoms with Gasteiger partial charge in [0.2, 0.25) is 0 Å². The third kappa shape index (κ3) is 2.92. The van der Waals surface area contributed by atoms with Gasteiger partial charge in [-0.15, -0.1) is 0 Å². The van der Waals surface area contributed by atoms with E-state index in [4.69, 9.17) is 0 Å². The number of nitrogens with zero attached hydrogens (tertiary/aromatic N) is 1. The monoisotopic (exact) mass is 272 g/mol. The minimum absolute atomic E-state index is 0.213. The van der Waals surface area contributed by atoms with Crippen LogP contribution in [-0.2, 0) is 4.79 Å². The minimum atomic E-state index is -1.20. The molecule has 0 aliphatic carbocycles. The Bertz CT molecular complexity index is 628. The van der Waals surface area contributed by atoms with Gasteiger partial charge in [0.25, 0.3) is 5.91 Å². The lowest BCUT2D eigenvalue weighted by Crippen LogP contribution is -2.34. The van der Waals surface area contributed by atoms with Crippen molar-refractivity contribution >= 4 is 11.9 Å². The summed E-state index contributed by atoms with van der Waals surface area (Å²) in [6, 6.07) is 9.86. The molecule has 0 fully saturated rings. The molecule has 1 amide bonds. The Kier molecular flexibility index (Phi) is 3.95. The first-order chi connectivity index (χ1) is 9.59. The first kappa shape index (κ1) is 13.5. The standard InChI is InChI=1S/C14H12N2O4/c17-10-7-4-8-15-12(10)13(18)16-11(14(19)20)9-5-2-1-3-6-9/h1-8,11,17H,(H,16,18)(H,19,20)/t11-/m0/s1. The van der Waals surface area contributed by atoms with Gasteiger partial charge in [-0.3, -0.25) is 4.79 Å². The Balaban J connectivity index is 2.24. The molecular formula is C14H12N2O4. The number of benzene rings is 1. The molecule has 0 spiro atoms. The summed E-state index contributed by atoms with van der Waals surface area (Å²) in [5, 5.41) is 21.1.